The Morgan fingerprint density at radius 3 is 3.06 bits per heavy atom. The summed E-state index contributed by atoms with van der Waals surface area (Å²) in [5, 5.41) is 20.8. The Hall–Kier alpha value is -2.97. The highest BCUT2D eigenvalue weighted by Crippen LogP contribution is 2.31. The van der Waals surface area contributed by atoms with E-state index in [1.54, 1.807) is 18.2 Å². The van der Waals surface area contributed by atoms with Crippen molar-refractivity contribution in [2.45, 2.75) is 50.7 Å². The van der Waals surface area contributed by atoms with Gasteiger partial charge in [0.2, 0.25) is 0 Å². The standard InChI is InChI=1S/C25H33N5O3/c26-15-18-5-3-8-21(22(18)27)23(25(31)32)30-13-11-20(16-30)33-14-2-1-7-19-10-9-17-6-4-12-28-24(17)29-19/h3,5,8-10,15,20,23,26H,1-2,4,6-7,11-14,16,27H2,(H,28,29)(H,31,32). The van der Waals surface area contributed by atoms with Crippen molar-refractivity contribution in [2.75, 3.05) is 37.3 Å². The first kappa shape index (κ1) is 23.2. The molecular formula is C25H33N5O3. The summed E-state index contributed by atoms with van der Waals surface area (Å²) < 4.78 is 6.07. The smallest absolute Gasteiger partial charge is 0.325 e. The lowest BCUT2D eigenvalue weighted by Crippen LogP contribution is -2.34. The summed E-state index contributed by atoms with van der Waals surface area (Å²) in [6, 6.07) is 8.70. The minimum Gasteiger partial charge on any atom is -0.480 e. The highest BCUT2D eigenvalue weighted by molar-refractivity contribution is 5.88. The van der Waals surface area contributed by atoms with Crippen molar-refractivity contribution in [3.8, 4) is 0 Å². The number of aliphatic carboxylic acids is 1. The van der Waals surface area contributed by atoms with Gasteiger partial charge in [-0.3, -0.25) is 9.69 Å². The Morgan fingerprint density at radius 1 is 1.36 bits per heavy atom. The van der Waals surface area contributed by atoms with Gasteiger partial charge in [-0.15, -0.1) is 0 Å². The molecule has 5 N–H and O–H groups in total. The third kappa shape index (κ3) is 5.51. The van der Waals surface area contributed by atoms with Crippen LogP contribution in [0.4, 0.5) is 11.5 Å². The summed E-state index contributed by atoms with van der Waals surface area (Å²) in [5.41, 5.74) is 10.0. The van der Waals surface area contributed by atoms with Gasteiger partial charge in [-0.1, -0.05) is 24.3 Å². The Labute approximate surface area is 194 Å². The zero-order valence-electron chi connectivity index (χ0n) is 18.9. The molecule has 3 heterocycles. The van der Waals surface area contributed by atoms with Crippen molar-refractivity contribution < 1.29 is 14.6 Å². The first-order valence-corrected chi connectivity index (χ1v) is 11.8. The molecule has 4 rings (SSSR count). The largest absolute Gasteiger partial charge is 0.480 e. The number of fused-ring (bicyclic) bond motifs is 1. The quantitative estimate of drug-likeness (QED) is 0.248. The second-order valence-corrected chi connectivity index (χ2v) is 8.81. The molecule has 2 unspecified atom stereocenters. The number of nitrogens with one attached hydrogen (secondary N) is 2. The van der Waals surface area contributed by atoms with Crippen molar-refractivity contribution >= 4 is 23.7 Å². The van der Waals surface area contributed by atoms with Crippen LogP contribution in [0.3, 0.4) is 0 Å². The van der Waals surface area contributed by atoms with Crippen molar-refractivity contribution in [1.29, 1.82) is 5.41 Å². The van der Waals surface area contributed by atoms with E-state index in [-0.39, 0.29) is 6.10 Å². The van der Waals surface area contributed by atoms with Crippen LogP contribution in [-0.2, 0) is 22.4 Å². The number of carboxylic acid groups (broad SMARTS) is 1. The van der Waals surface area contributed by atoms with Gasteiger partial charge in [0.15, 0.2) is 0 Å². The zero-order chi connectivity index (χ0) is 23.2. The average Bonchev–Trinajstić information content (AvgIpc) is 3.28. The molecule has 0 spiro atoms. The number of hydrogen-bond donors (Lipinski definition) is 4. The summed E-state index contributed by atoms with van der Waals surface area (Å²) in [4.78, 5) is 18.7. The maximum Gasteiger partial charge on any atom is 0.325 e. The van der Waals surface area contributed by atoms with E-state index in [1.165, 1.54) is 12.0 Å². The van der Waals surface area contributed by atoms with Crippen LogP contribution < -0.4 is 11.1 Å². The van der Waals surface area contributed by atoms with E-state index in [2.05, 4.69) is 17.4 Å². The second-order valence-electron chi connectivity index (χ2n) is 8.81. The molecule has 2 atom stereocenters. The number of nitrogen functional groups attached to an aromatic ring is 1. The summed E-state index contributed by atoms with van der Waals surface area (Å²) >= 11 is 0. The van der Waals surface area contributed by atoms with E-state index in [0.29, 0.717) is 36.5 Å². The molecule has 0 bridgehead atoms. The SMILES string of the molecule is N=Cc1cccc(C(C(=O)O)N2CCC(OCCCCc3ccc4c(n3)NCCC4)C2)c1N. The molecule has 0 radical (unpaired) electrons. The molecular weight excluding hydrogens is 418 g/mol. The predicted octanol–water partition coefficient (Wildman–Crippen LogP) is 3.26. The van der Waals surface area contributed by atoms with Crippen LogP contribution in [0.15, 0.2) is 30.3 Å². The summed E-state index contributed by atoms with van der Waals surface area (Å²) in [6.07, 6.45) is 7.12. The van der Waals surface area contributed by atoms with Crippen LogP contribution >= 0.6 is 0 Å². The number of para-hydroxylation sites is 1. The molecule has 2 aliphatic rings. The molecule has 2 aliphatic heterocycles. The van der Waals surface area contributed by atoms with Crippen LogP contribution in [0.2, 0.25) is 0 Å². The summed E-state index contributed by atoms with van der Waals surface area (Å²) in [5.74, 6) is 0.109. The van der Waals surface area contributed by atoms with E-state index >= 15 is 0 Å². The summed E-state index contributed by atoms with van der Waals surface area (Å²) in [6.45, 7) is 2.86. The lowest BCUT2D eigenvalue weighted by Gasteiger charge is -2.26. The number of nitrogens with two attached hydrogens (primary N) is 1. The van der Waals surface area contributed by atoms with Crippen molar-refractivity contribution in [2.24, 2.45) is 0 Å². The van der Waals surface area contributed by atoms with Crippen LogP contribution in [0, 0.1) is 5.41 Å². The Bertz CT molecular complexity index is 996. The van der Waals surface area contributed by atoms with Crippen molar-refractivity contribution in [3.63, 3.8) is 0 Å². The van der Waals surface area contributed by atoms with Gasteiger partial charge < -0.3 is 26.3 Å². The van der Waals surface area contributed by atoms with Crippen molar-refractivity contribution in [3.05, 3.63) is 52.7 Å². The van der Waals surface area contributed by atoms with Crippen molar-refractivity contribution in [1.82, 2.24) is 9.88 Å². The van der Waals surface area contributed by atoms with Crippen LogP contribution in [0.1, 0.15) is 54.1 Å². The number of carboxylic acids is 1. The molecule has 1 saturated heterocycles. The topological polar surface area (TPSA) is 125 Å². The van der Waals surface area contributed by atoms with Gasteiger partial charge in [-0.25, -0.2) is 4.98 Å². The first-order valence-electron chi connectivity index (χ1n) is 11.8. The number of anilines is 2. The first-order chi connectivity index (χ1) is 16.1. The van der Waals surface area contributed by atoms with Gasteiger partial charge >= 0.3 is 5.97 Å². The van der Waals surface area contributed by atoms with E-state index in [9.17, 15) is 9.90 Å². The number of aryl methyl sites for hydroxylation is 2. The molecule has 176 valence electrons. The number of ether oxygens (including phenoxy) is 1. The fraction of sp³-hybridized carbons (Fsp3) is 0.480. The average molecular weight is 452 g/mol. The maximum absolute atomic E-state index is 12.1. The van der Waals surface area contributed by atoms with Gasteiger partial charge in [0, 0.05) is 55.0 Å². The predicted molar refractivity (Wildman–Crippen MR) is 129 cm³/mol. The Morgan fingerprint density at radius 2 is 2.24 bits per heavy atom. The van der Waals surface area contributed by atoms with Gasteiger partial charge in [0.05, 0.1) is 6.10 Å². The van der Waals surface area contributed by atoms with Crippen LogP contribution in [0.5, 0.6) is 0 Å². The van der Waals surface area contributed by atoms with Crippen LogP contribution in [0.25, 0.3) is 0 Å². The number of rotatable bonds is 10. The van der Waals surface area contributed by atoms with Gasteiger partial charge in [-0.2, -0.15) is 0 Å². The number of carbonyl (C=O) groups is 1. The molecule has 0 amide bonds. The minimum atomic E-state index is -0.934. The number of pyridine rings is 1. The molecule has 8 nitrogen and oxygen atoms in total. The van der Waals surface area contributed by atoms with Gasteiger partial charge in [0.25, 0.3) is 0 Å². The molecule has 2 aromatic rings. The molecule has 1 aromatic carbocycles. The molecule has 0 saturated carbocycles. The Balaban J connectivity index is 1.24. The number of aromatic nitrogens is 1. The molecule has 33 heavy (non-hydrogen) atoms. The fourth-order valence-corrected chi connectivity index (χ4v) is 4.74. The van der Waals surface area contributed by atoms with E-state index in [4.69, 9.17) is 20.9 Å². The monoisotopic (exact) mass is 451 g/mol. The van der Waals surface area contributed by atoms with E-state index in [1.807, 2.05) is 4.90 Å². The van der Waals surface area contributed by atoms with Gasteiger partial charge in [0.1, 0.15) is 11.9 Å². The third-order valence-corrected chi connectivity index (χ3v) is 6.53. The molecule has 0 aliphatic carbocycles. The highest BCUT2D eigenvalue weighted by atomic mass is 16.5. The number of benzene rings is 1. The number of unbranched alkanes of at least 4 members (excludes halogenated alkanes) is 1. The van der Waals surface area contributed by atoms with Crippen LogP contribution in [-0.4, -0.2) is 59.5 Å². The normalized spacial score (nSPS) is 19.0. The van der Waals surface area contributed by atoms with E-state index in [0.717, 1.165) is 56.4 Å². The van der Waals surface area contributed by atoms with Gasteiger partial charge in [-0.05, 0) is 50.2 Å². The lowest BCUT2D eigenvalue weighted by molar-refractivity contribution is -0.143. The molecule has 1 aromatic heterocycles. The maximum atomic E-state index is 12.1. The fourth-order valence-electron chi connectivity index (χ4n) is 4.74. The zero-order valence-corrected chi connectivity index (χ0v) is 18.9. The number of nitrogens with zero attached hydrogens (tertiary/aromatic N) is 2. The number of likely N-dealkylation sites (tertiary alicyclic amines) is 1. The third-order valence-electron chi connectivity index (χ3n) is 6.53. The molecule has 8 heteroatoms. The molecule has 1 fully saturated rings. The highest BCUT2D eigenvalue weighted by Gasteiger charge is 2.35. The number of hydrogen-bond acceptors (Lipinski definition) is 7. The Kier molecular flexibility index (Phi) is 7.57. The van der Waals surface area contributed by atoms with E-state index < -0.39 is 12.0 Å². The second kappa shape index (κ2) is 10.8. The minimum absolute atomic E-state index is 0.0186. The summed E-state index contributed by atoms with van der Waals surface area (Å²) in [7, 11) is 0. The lowest BCUT2D eigenvalue weighted by atomic mass is 10.00.